The molecular formula is C14H11N3O2. The fourth-order valence-corrected chi connectivity index (χ4v) is 1.48. The van der Waals surface area contributed by atoms with Gasteiger partial charge in [-0.05, 0) is 48.5 Å². The van der Waals surface area contributed by atoms with E-state index in [1.807, 2.05) is 6.07 Å². The minimum absolute atomic E-state index is 0.577. The lowest BCUT2D eigenvalue weighted by molar-refractivity contribution is 0.259. The fourth-order valence-electron chi connectivity index (χ4n) is 1.48. The van der Waals surface area contributed by atoms with Crippen LogP contribution in [0.25, 0.3) is 0 Å². The monoisotopic (exact) mass is 253 g/mol. The molecule has 0 aliphatic heterocycles. The van der Waals surface area contributed by atoms with Gasteiger partial charge in [0, 0.05) is 5.69 Å². The van der Waals surface area contributed by atoms with Gasteiger partial charge in [0.25, 0.3) is 0 Å². The lowest BCUT2D eigenvalue weighted by atomic mass is 10.2. The number of hydrogen-bond acceptors (Lipinski definition) is 3. The van der Waals surface area contributed by atoms with Crippen LogP contribution in [0.3, 0.4) is 0 Å². The second kappa shape index (κ2) is 5.56. The topological polar surface area (TPSA) is 88.1 Å². The molecule has 0 bridgehead atoms. The highest BCUT2D eigenvalue weighted by Crippen LogP contribution is 2.23. The number of nitriles is 1. The number of urea groups is 1. The van der Waals surface area contributed by atoms with Crippen molar-refractivity contribution in [1.82, 2.24) is 0 Å². The van der Waals surface area contributed by atoms with Gasteiger partial charge in [-0.3, -0.25) is 0 Å². The maximum atomic E-state index is 10.7. The maximum Gasteiger partial charge on any atom is 0.316 e. The first-order valence-electron chi connectivity index (χ1n) is 5.52. The minimum Gasteiger partial charge on any atom is -0.457 e. The van der Waals surface area contributed by atoms with Crippen LogP contribution >= 0.6 is 0 Å². The molecule has 2 rings (SSSR count). The van der Waals surface area contributed by atoms with Gasteiger partial charge in [-0.2, -0.15) is 5.26 Å². The van der Waals surface area contributed by atoms with Crippen LogP contribution in [-0.2, 0) is 0 Å². The Labute approximate surface area is 110 Å². The molecule has 0 spiro atoms. The van der Waals surface area contributed by atoms with Crippen LogP contribution < -0.4 is 15.8 Å². The number of nitrogens with zero attached hydrogens (tertiary/aromatic N) is 1. The highest BCUT2D eigenvalue weighted by molar-refractivity contribution is 5.87. The Morgan fingerprint density at radius 3 is 2.05 bits per heavy atom. The normalized spacial score (nSPS) is 9.42. The van der Waals surface area contributed by atoms with Gasteiger partial charge in [0.1, 0.15) is 11.5 Å². The highest BCUT2D eigenvalue weighted by atomic mass is 16.5. The maximum absolute atomic E-state index is 10.7. The molecule has 94 valence electrons. The molecule has 0 saturated carbocycles. The van der Waals surface area contributed by atoms with Gasteiger partial charge < -0.3 is 15.8 Å². The summed E-state index contributed by atoms with van der Waals surface area (Å²) >= 11 is 0. The Hall–Kier alpha value is -3.00. The Kier molecular flexibility index (Phi) is 3.64. The summed E-state index contributed by atoms with van der Waals surface area (Å²) in [5, 5.41) is 11.1. The Morgan fingerprint density at radius 1 is 1.05 bits per heavy atom. The van der Waals surface area contributed by atoms with E-state index in [4.69, 9.17) is 15.7 Å². The summed E-state index contributed by atoms with van der Waals surface area (Å²) in [5.74, 6) is 1.26. The third kappa shape index (κ3) is 3.48. The van der Waals surface area contributed by atoms with Crippen molar-refractivity contribution < 1.29 is 9.53 Å². The van der Waals surface area contributed by atoms with E-state index in [1.54, 1.807) is 48.5 Å². The van der Waals surface area contributed by atoms with Gasteiger partial charge in [0.15, 0.2) is 0 Å². The van der Waals surface area contributed by atoms with Gasteiger partial charge in [-0.1, -0.05) is 0 Å². The first kappa shape index (κ1) is 12.5. The summed E-state index contributed by atoms with van der Waals surface area (Å²) in [6.07, 6.45) is 0. The summed E-state index contributed by atoms with van der Waals surface area (Å²) in [6, 6.07) is 15.0. The summed E-state index contributed by atoms with van der Waals surface area (Å²) in [6.45, 7) is 0. The van der Waals surface area contributed by atoms with Gasteiger partial charge in [-0.15, -0.1) is 0 Å². The van der Waals surface area contributed by atoms with Crippen molar-refractivity contribution in [2.75, 3.05) is 5.32 Å². The molecule has 0 unspecified atom stereocenters. The smallest absolute Gasteiger partial charge is 0.316 e. The zero-order chi connectivity index (χ0) is 13.7. The van der Waals surface area contributed by atoms with E-state index >= 15 is 0 Å². The van der Waals surface area contributed by atoms with Crippen LogP contribution in [-0.4, -0.2) is 6.03 Å². The molecule has 2 aromatic rings. The summed E-state index contributed by atoms with van der Waals surface area (Å²) in [5.41, 5.74) is 6.18. The highest BCUT2D eigenvalue weighted by Gasteiger charge is 1.99. The number of ether oxygens (including phenoxy) is 1. The van der Waals surface area contributed by atoms with E-state index in [1.165, 1.54) is 0 Å². The number of carbonyl (C=O) groups excluding carboxylic acids is 1. The van der Waals surface area contributed by atoms with Gasteiger partial charge in [0.2, 0.25) is 0 Å². The number of carbonyl (C=O) groups is 1. The van der Waals surface area contributed by atoms with E-state index in [9.17, 15) is 4.79 Å². The molecule has 5 heteroatoms. The molecule has 0 radical (unpaired) electrons. The molecule has 2 amide bonds. The molecular weight excluding hydrogens is 242 g/mol. The molecule has 0 fully saturated rings. The van der Waals surface area contributed by atoms with Crippen LogP contribution in [0.5, 0.6) is 11.5 Å². The number of nitrogens with two attached hydrogens (primary N) is 1. The number of primary amides is 1. The quantitative estimate of drug-likeness (QED) is 0.881. The van der Waals surface area contributed by atoms with E-state index in [0.717, 1.165) is 0 Å². The average molecular weight is 253 g/mol. The Morgan fingerprint density at radius 2 is 1.58 bits per heavy atom. The zero-order valence-corrected chi connectivity index (χ0v) is 9.96. The summed E-state index contributed by atoms with van der Waals surface area (Å²) in [7, 11) is 0. The number of anilines is 1. The molecule has 0 aliphatic carbocycles. The number of nitrogens with one attached hydrogen (secondary N) is 1. The van der Waals surface area contributed by atoms with Crippen molar-refractivity contribution >= 4 is 11.7 Å². The molecule has 5 nitrogen and oxygen atoms in total. The predicted molar refractivity (Wildman–Crippen MR) is 70.9 cm³/mol. The predicted octanol–water partition coefficient (Wildman–Crippen LogP) is 2.84. The summed E-state index contributed by atoms with van der Waals surface area (Å²) < 4.78 is 5.58. The van der Waals surface area contributed by atoms with E-state index < -0.39 is 6.03 Å². The zero-order valence-electron chi connectivity index (χ0n) is 9.96. The lowest BCUT2D eigenvalue weighted by Gasteiger charge is -2.07. The number of rotatable bonds is 3. The minimum atomic E-state index is -0.610. The van der Waals surface area contributed by atoms with Gasteiger partial charge in [-0.25, -0.2) is 4.79 Å². The van der Waals surface area contributed by atoms with Gasteiger partial charge in [0.05, 0.1) is 11.6 Å². The van der Waals surface area contributed by atoms with Crippen LogP contribution in [0.4, 0.5) is 10.5 Å². The third-order valence-electron chi connectivity index (χ3n) is 2.34. The van der Waals surface area contributed by atoms with Crippen molar-refractivity contribution in [2.45, 2.75) is 0 Å². The standard InChI is InChI=1S/C14H11N3O2/c15-9-10-1-5-12(6-2-10)19-13-7-3-11(4-8-13)17-14(16)18/h1-8H,(H3,16,17,18). The Balaban J connectivity index is 2.06. The van der Waals surface area contributed by atoms with E-state index in [2.05, 4.69) is 5.32 Å². The van der Waals surface area contributed by atoms with Crippen molar-refractivity contribution in [1.29, 1.82) is 5.26 Å². The largest absolute Gasteiger partial charge is 0.457 e. The van der Waals surface area contributed by atoms with Crippen LogP contribution in [0.15, 0.2) is 48.5 Å². The van der Waals surface area contributed by atoms with Crippen LogP contribution in [0.2, 0.25) is 0 Å². The second-order valence-corrected chi connectivity index (χ2v) is 3.75. The molecule has 2 aromatic carbocycles. The van der Waals surface area contributed by atoms with Crippen molar-refractivity contribution in [3.63, 3.8) is 0 Å². The number of amides is 2. The van der Waals surface area contributed by atoms with Crippen molar-refractivity contribution in [2.24, 2.45) is 5.73 Å². The van der Waals surface area contributed by atoms with E-state index in [-0.39, 0.29) is 0 Å². The molecule has 19 heavy (non-hydrogen) atoms. The second-order valence-electron chi connectivity index (χ2n) is 3.75. The molecule has 0 aliphatic rings. The average Bonchev–Trinajstić information content (AvgIpc) is 2.41. The molecule has 3 N–H and O–H groups in total. The third-order valence-corrected chi connectivity index (χ3v) is 2.34. The fraction of sp³-hybridized carbons (Fsp3) is 0. The number of hydrogen-bond donors (Lipinski definition) is 2. The van der Waals surface area contributed by atoms with Crippen LogP contribution in [0.1, 0.15) is 5.56 Å². The van der Waals surface area contributed by atoms with E-state index in [0.29, 0.717) is 22.7 Å². The van der Waals surface area contributed by atoms with Crippen molar-refractivity contribution in [3.8, 4) is 17.6 Å². The molecule has 0 atom stereocenters. The molecule has 0 aromatic heterocycles. The molecule has 0 heterocycles. The van der Waals surface area contributed by atoms with Crippen molar-refractivity contribution in [3.05, 3.63) is 54.1 Å². The molecule has 0 saturated heterocycles. The van der Waals surface area contributed by atoms with Gasteiger partial charge >= 0.3 is 6.03 Å². The first-order valence-corrected chi connectivity index (χ1v) is 5.52. The SMILES string of the molecule is N#Cc1ccc(Oc2ccc(NC(N)=O)cc2)cc1. The summed E-state index contributed by atoms with van der Waals surface area (Å²) in [4.78, 5) is 10.7. The first-order chi connectivity index (χ1) is 9.17. The number of benzene rings is 2. The lowest BCUT2D eigenvalue weighted by Crippen LogP contribution is -2.19. The Bertz CT molecular complexity index is 613. The van der Waals surface area contributed by atoms with Crippen LogP contribution in [0, 0.1) is 11.3 Å².